The fourth-order valence-corrected chi connectivity index (χ4v) is 4.51. The smallest absolute Gasteiger partial charge is 0.252 e. The molecule has 34 heavy (non-hydrogen) atoms. The molecule has 1 N–H and O–H groups in total. The standard InChI is InChI=1S/C27H34N6O/c1-18(2)24(25-29-30-31-33(25)27(4,5)6)32(16-20-10-8-7-9-11-20)17-22-15-21-13-12-19(3)14-23(21)28-26(22)34/h7-15,18,24H,16-17H2,1-6H3,(H,28,34). The highest BCUT2D eigenvalue weighted by Gasteiger charge is 2.32. The molecule has 2 heterocycles. The Morgan fingerprint density at radius 2 is 1.76 bits per heavy atom. The molecule has 2 aromatic carbocycles. The van der Waals surface area contributed by atoms with Crippen LogP contribution in [-0.4, -0.2) is 30.1 Å². The number of aromatic amines is 1. The zero-order valence-electron chi connectivity index (χ0n) is 20.9. The molecule has 2 aromatic heterocycles. The van der Waals surface area contributed by atoms with Crippen molar-refractivity contribution >= 4 is 10.9 Å². The quantitative estimate of drug-likeness (QED) is 0.423. The molecule has 1 atom stereocenters. The molecule has 0 fully saturated rings. The minimum Gasteiger partial charge on any atom is -0.322 e. The van der Waals surface area contributed by atoms with Gasteiger partial charge < -0.3 is 4.98 Å². The molecule has 4 rings (SSSR count). The Kier molecular flexibility index (Phi) is 6.66. The second kappa shape index (κ2) is 9.50. The van der Waals surface area contributed by atoms with E-state index in [-0.39, 0.29) is 23.1 Å². The summed E-state index contributed by atoms with van der Waals surface area (Å²) < 4.78 is 1.91. The Morgan fingerprint density at radius 3 is 2.44 bits per heavy atom. The fourth-order valence-electron chi connectivity index (χ4n) is 4.51. The summed E-state index contributed by atoms with van der Waals surface area (Å²) in [5.41, 5.74) is 3.57. The monoisotopic (exact) mass is 458 g/mol. The Morgan fingerprint density at radius 1 is 1.03 bits per heavy atom. The van der Waals surface area contributed by atoms with Gasteiger partial charge in [-0.1, -0.05) is 56.3 Å². The number of pyridine rings is 1. The number of fused-ring (bicyclic) bond motifs is 1. The molecular formula is C27H34N6O. The van der Waals surface area contributed by atoms with E-state index in [9.17, 15) is 4.79 Å². The number of rotatable bonds is 7. The van der Waals surface area contributed by atoms with Gasteiger partial charge in [-0.3, -0.25) is 9.69 Å². The van der Waals surface area contributed by atoms with Crippen LogP contribution < -0.4 is 5.56 Å². The molecule has 0 aliphatic carbocycles. The molecule has 0 radical (unpaired) electrons. The van der Waals surface area contributed by atoms with Crippen molar-refractivity contribution in [2.24, 2.45) is 5.92 Å². The van der Waals surface area contributed by atoms with Crippen molar-refractivity contribution in [2.75, 3.05) is 0 Å². The van der Waals surface area contributed by atoms with E-state index in [2.05, 4.69) is 84.3 Å². The maximum absolute atomic E-state index is 13.1. The van der Waals surface area contributed by atoms with Crippen LogP contribution in [0.2, 0.25) is 0 Å². The second-order valence-electron chi connectivity index (χ2n) is 10.4. The van der Waals surface area contributed by atoms with Crippen molar-refractivity contribution in [3.63, 3.8) is 0 Å². The zero-order chi connectivity index (χ0) is 24.5. The number of aryl methyl sites for hydroxylation is 1. The maximum atomic E-state index is 13.1. The molecule has 0 aliphatic rings. The summed E-state index contributed by atoms with van der Waals surface area (Å²) in [6.07, 6.45) is 0. The summed E-state index contributed by atoms with van der Waals surface area (Å²) in [6.45, 7) is 13.8. The van der Waals surface area contributed by atoms with Crippen LogP contribution in [0, 0.1) is 12.8 Å². The van der Waals surface area contributed by atoms with Gasteiger partial charge in [0.25, 0.3) is 5.56 Å². The van der Waals surface area contributed by atoms with Gasteiger partial charge in [-0.15, -0.1) is 5.10 Å². The van der Waals surface area contributed by atoms with Gasteiger partial charge in [0.05, 0.1) is 11.6 Å². The molecule has 0 saturated carbocycles. The van der Waals surface area contributed by atoms with Crippen molar-refractivity contribution in [2.45, 2.75) is 66.2 Å². The van der Waals surface area contributed by atoms with Crippen LogP contribution in [0.3, 0.4) is 0 Å². The first-order chi connectivity index (χ1) is 16.1. The molecule has 0 saturated heterocycles. The molecule has 7 heteroatoms. The van der Waals surface area contributed by atoms with Crippen LogP contribution >= 0.6 is 0 Å². The summed E-state index contributed by atoms with van der Waals surface area (Å²) >= 11 is 0. The summed E-state index contributed by atoms with van der Waals surface area (Å²) in [7, 11) is 0. The number of H-pyrrole nitrogens is 1. The molecule has 1 unspecified atom stereocenters. The fraction of sp³-hybridized carbons (Fsp3) is 0.407. The molecule has 0 bridgehead atoms. The largest absolute Gasteiger partial charge is 0.322 e. The van der Waals surface area contributed by atoms with E-state index in [1.165, 1.54) is 5.56 Å². The Hall–Kier alpha value is -3.32. The van der Waals surface area contributed by atoms with Crippen LogP contribution in [0.15, 0.2) is 59.4 Å². The van der Waals surface area contributed by atoms with Crippen LogP contribution in [-0.2, 0) is 18.6 Å². The summed E-state index contributed by atoms with van der Waals surface area (Å²) in [5.74, 6) is 1.03. The lowest BCUT2D eigenvalue weighted by atomic mass is 9.98. The van der Waals surface area contributed by atoms with Gasteiger partial charge in [0.15, 0.2) is 5.82 Å². The zero-order valence-corrected chi connectivity index (χ0v) is 20.9. The van der Waals surface area contributed by atoms with Crippen molar-refractivity contribution in [3.05, 3.63) is 87.5 Å². The average molecular weight is 459 g/mol. The van der Waals surface area contributed by atoms with Gasteiger partial charge in [-0.25, -0.2) is 4.68 Å². The first-order valence-corrected chi connectivity index (χ1v) is 11.8. The SMILES string of the molecule is Cc1ccc2cc(CN(Cc3ccccc3)C(c3nnnn3C(C)(C)C)C(C)C)c(=O)[nH]c2c1. The summed E-state index contributed by atoms with van der Waals surface area (Å²) in [5, 5.41) is 13.8. The molecule has 0 amide bonds. The Labute approximate surface area is 200 Å². The molecule has 0 aliphatic heterocycles. The normalized spacial score (nSPS) is 13.2. The maximum Gasteiger partial charge on any atom is 0.252 e. The number of benzene rings is 2. The van der Waals surface area contributed by atoms with Crippen LogP contribution in [0.25, 0.3) is 10.9 Å². The Bertz CT molecular complexity index is 1320. The number of hydrogen-bond donors (Lipinski definition) is 1. The highest BCUT2D eigenvalue weighted by Crippen LogP contribution is 2.32. The average Bonchev–Trinajstić information content (AvgIpc) is 3.25. The van der Waals surface area contributed by atoms with Crippen molar-refractivity contribution in [1.82, 2.24) is 30.1 Å². The third-order valence-electron chi connectivity index (χ3n) is 6.10. The topological polar surface area (TPSA) is 79.7 Å². The minimum absolute atomic E-state index is 0.0610. The van der Waals surface area contributed by atoms with Crippen molar-refractivity contribution < 1.29 is 0 Å². The van der Waals surface area contributed by atoms with E-state index < -0.39 is 0 Å². The molecule has 7 nitrogen and oxygen atoms in total. The predicted molar refractivity (Wildman–Crippen MR) is 135 cm³/mol. The molecule has 178 valence electrons. The van der Waals surface area contributed by atoms with E-state index in [0.29, 0.717) is 13.1 Å². The van der Waals surface area contributed by atoms with Crippen LogP contribution in [0.4, 0.5) is 0 Å². The predicted octanol–water partition coefficient (Wildman–Crippen LogP) is 4.98. The number of aromatic nitrogens is 5. The lowest BCUT2D eigenvalue weighted by Crippen LogP contribution is -2.37. The number of hydrogen-bond acceptors (Lipinski definition) is 5. The van der Waals surface area contributed by atoms with E-state index in [1.807, 2.05) is 41.9 Å². The van der Waals surface area contributed by atoms with E-state index in [4.69, 9.17) is 0 Å². The van der Waals surface area contributed by atoms with Crippen molar-refractivity contribution in [3.8, 4) is 0 Å². The molecule has 4 aromatic rings. The third-order valence-corrected chi connectivity index (χ3v) is 6.10. The van der Waals surface area contributed by atoms with Gasteiger partial charge >= 0.3 is 0 Å². The van der Waals surface area contributed by atoms with Crippen LogP contribution in [0.5, 0.6) is 0 Å². The van der Waals surface area contributed by atoms with Gasteiger partial charge in [-0.05, 0) is 72.7 Å². The minimum atomic E-state index is -0.261. The first kappa shape index (κ1) is 23.8. The van der Waals surface area contributed by atoms with Crippen LogP contribution in [0.1, 0.15) is 63.2 Å². The third kappa shape index (κ3) is 5.09. The van der Waals surface area contributed by atoms with E-state index >= 15 is 0 Å². The van der Waals surface area contributed by atoms with Crippen molar-refractivity contribution in [1.29, 1.82) is 0 Å². The number of nitrogens with one attached hydrogen (secondary N) is 1. The lowest BCUT2D eigenvalue weighted by Gasteiger charge is -2.35. The molecular weight excluding hydrogens is 424 g/mol. The van der Waals surface area contributed by atoms with Gasteiger partial charge in [0, 0.05) is 24.2 Å². The lowest BCUT2D eigenvalue weighted by molar-refractivity contribution is 0.120. The van der Waals surface area contributed by atoms with Gasteiger partial charge in [0.1, 0.15) is 0 Å². The summed E-state index contributed by atoms with van der Waals surface area (Å²) in [6, 6.07) is 18.4. The van der Waals surface area contributed by atoms with Gasteiger partial charge in [0.2, 0.25) is 0 Å². The Balaban J connectivity index is 1.80. The highest BCUT2D eigenvalue weighted by molar-refractivity contribution is 5.79. The number of tetrazole rings is 1. The first-order valence-electron chi connectivity index (χ1n) is 11.8. The molecule has 0 spiro atoms. The van der Waals surface area contributed by atoms with Gasteiger partial charge in [-0.2, -0.15) is 0 Å². The highest BCUT2D eigenvalue weighted by atomic mass is 16.1. The second-order valence-corrected chi connectivity index (χ2v) is 10.4. The summed E-state index contributed by atoms with van der Waals surface area (Å²) in [4.78, 5) is 18.5. The number of nitrogens with zero attached hydrogens (tertiary/aromatic N) is 5. The van der Waals surface area contributed by atoms with E-state index in [1.54, 1.807) is 0 Å². The van der Waals surface area contributed by atoms with E-state index in [0.717, 1.165) is 27.9 Å².